The number of rotatable bonds is 5. The Labute approximate surface area is 165 Å². The van der Waals surface area contributed by atoms with Gasteiger partial charge < -0.3 is 19.6 Å². The van der Waals surface area contributed by atoms with Crippen LogP contribution in [-0.4, -0.2) is 90.8 Å². The smallest absolute Gasteiger partial charge is 0.339 e. The summed E-state index contributed by atoms with van der Waals surface area (Å²) in [4.78, 5) is 35.6. The number of aromatic nitrogens is 1. The summed E-state index contributed by atoms with van der Waals surface area (Å²) in [5, 5.41) is 9.51. The van der Waals surface area contributed by atoms with E-state index in [1.54, 1.807) is 12.1 Å². The van der Waals surface area contributed by atoms with Crippen molar-refractivity contribution in [2.45, 2.75) is 19.8 Å². The Bertz CT molecular complexity index is 765. The minimum atomic E-state index is -0.978. The molecule has 1 aromatic rings. The molecule has 3 saturated heterocycles. The molecule has 152 valence electrons. The number of morpholine rings is 1. The lowest BCUT2D eigenvalue weighted by molar-refractivity contribution is -0.135. The normalized spacial score (nSPS) is 25.8. The van der Waals surface area contributed by atoms with Crippen LogP contribution in [0.25, 0.3) is 0 Å². The molecule has 1 N–H and O–H groups in total. The highest BCUT2D eigenvalue weighted by molar-refractivity contribution is 5.94. The quantitative estimate of drug-likeness (QED) is 0.800. The third-order valence-electron chi connectivity index (χ3n) is 6.29. The molecular weight excluding hydrogens is 360 g/mol. The van der Waals surface area contributed by atoms with Gasteiger partial charge in [-0.1, -0.05) is 0 Å². The van der Waals surface area contributed by atoms with E-state index in [1.165, 1.54) is 0 Å². The number of ether oxygens (including phenoxy) is 1. The Kier molecular flexibility index (Phi) is 5.25. The highest BCUT2D eigenvalue weighted by atomic mass is 16.5. The summed E-state index contributed by atoms with van der Waals surface area (Å²) in [7, 11) is 0. The molecule has 3 aliphatic rings. The first kappa shape index (κ1) is 19.1. The van der Waals surface area contributed by atoms with E-state index in [9.17, 15) is 14.7 Å². The lowest BCUT2D eigenvalue weighted by Crippen LogP contribution is -2.43. The fourth-order valence-electron chi connectivity index (χ4n) is 4.58. The van der Waals surface area contributed by atoms with Gasteiger partial charge in [0, 0.05) is 51.5 Å². The molecule has 8 heteroatoms. The van der Waals surface area contributed by atoms with Gasteiger partial charge in [0.1, 0.15) is 11.4 Å². The van der Waals surface area contributed by atoms with Crippen molar-refractivity contribution in [2.75, 3.05) is 63.9 Å². The van der Waals surface area contributed by atoms with Crippen LogP contribution in [-0.2, 0) is 9.53 Å². The summed E-state index contributed by atoms with van der Waals surface area (Å²) in [5.74, 6) is -0.273. The van der Waals surface area contributed by atoms with Crippen LogP contribution in [0.4, 0.5) is 5.82 Å². The first-order valence-electron chi connectivity index (χ1n) is 10.0. The second-order valence-electron chi connectivity index (χ2n) is 8.08. The second kappa shape index (κ2) is 7.67. The van der Waals surface area contributed by atoms with Crippen LogP contribution in [0.1, 0.15) is 28.9 Å². The van der Waals surface area contributed by atoms with E-state index in [0.29, 0.717) is 18.9 Å². The monoisotopic (exact) mass is 388 g/mol. The maximum atomic E-state index is 13.2. The number of carbonyl (C=O) groups excluding carboxylic acids is 1. The van der Waals surface area contributed by atoms with Crippen LogP contribution in [0, 0.1) is 12.3 Å². The summed E-state index contributed by atoms with van der Waals surface area (Å²) in [6.45, 7) is 8.89. The van der Waals surface area contributed by atoms with Crippen molar-refractivity contribution in [3.05, 3.63) is 23.4 Å². The number of amides is 1. The van der Waals surface area contributed by atoms with Gasteiger partial charge in [0.2, 0.25) is 5.91 Å². The molecule has 1 spiro atoms. The van der Waals surface area contributed by atoms with Gasteiger partial charge in [0.25, 0.3) is 0 Å². The molecule has 3 fully saturated rings. The Morgan fingerprint density at radius 3 is 2.68 bits per heavy atom. The fraction of sp³-hybridized carbons (Fsp3) is 0.650. The first-order chi connectivity index (χ1) is 13.5. The molecule has 8 nitrogen and oxygen atoms in total. The molecule has 0 aromatic carbocycles. The molecule has 28 heavy (non-hydrogen) atoms. The Morgan fingerprint density at radius 2 is 1.93 bits per heavy atom. The SMILES string of the molecule is Cc1ccc(C(=O)O)c(N2CCC3(CCN(CCN4CCOCC4)C3=O)C2)n1. The topological polar surface area (TPSA) is 86.2 Å². The van der Waals surface area contributed by atoms with Crippen molar-refractivity contribution in [3.63, 3.8) is 0 Å². The lowest BCUT2D eigenvalue weighted by atomic mass is 9.85. The van der Waals surface area contributed by atoms with Gasteiger partial charge in [-0.15, -0.1) is 0 Å². The highest BCUT2D eigenvalue weighted by Gasteiger charge is 2.51. The van der Waals surface area contributed by atoms with E-state index in [1.807, 2.05) is 16.7 Å². The molecule has 4 rings (SSSR count). The lowest BCUT2D eigenvalue weighted by Gasteiger charge is -2.29. The van der Waals surface area contributed by atoms with Crippen LogP contribution in [0.15, 0.2) is 12.1 Å². The molecule has 1 amide bonds. The standard InChI is InChI=1S/C20H28N4O4/c1-15-2-3-16(18(25)26)17(21-15)24-7-5-20(14-24)4-6-23(19(20)27)9-8-22-10-12-28-13-11-22/h2-3H,4-14H2,1H3,(H,25,26). The van der Waals surface area contributed by atoms with Crippen LogP contribution >= 0.6 is 0 Å². The van der Waals surface area contributed by atoms with Gasteiger partial charge in [-0.3, -0.25) is 9.69 Å². The highest BCUT2D eigenvalue weighted by Crippen LogP contribution is 2.42. The number of aromatic carboxylic acids is 1. The number of hydrogen-bond acceptors (Lipinski definition) is 6. The zero-order chi connectivity index (χ0) is 19.7. The largest absolute Gasteiger partial charge is 0.478 e. The van der Waals surface area contributed by atoms with Gasteiger partial charge in [-0.2, -0.15) is 0 Å². The molecular formula is C20H28N4O4. The van der Waals surface area contributed by atoms with E-state index in [-0.39, 0.29) is 11.5 Å². The average Bonchev–Trinajstić information content (AvgIpc) is 3.26. The number of nitrogens with zero attached hydrogens (tertiary/aromatic N) is 4. The number of anilines is 1. The van der Waals surface area contributed by atoms with Crippen molar-refractivity contribution in [1.29, 1.82) is 0 Å². The summed E-state index contributed by atoms with van der Waals surface area (Å²) < 4.78 is 5.38. The second-order valence-corrected chi connectivity index (χ2v) is 8.08. The van der Waals surface area contributed by atoms with Gasteiger partial charge >= 0.3 is 5.97 Å². The third kappa shape index (κ3) is 3.58. The zero-order valence-electron chi connectivity index (χ0n) is 16.4. The first-order valence-corrected chi connectivity index (χ1v) is 10.0. The molecule has 1 aromatic heterocycles. The summed E-state index contributed by atoms with van der Waals surface area (Å²) in [5.41, 5.74) is 0.592. The van der Waals surface area contributed by atoms with E-state index in [4.69, 9.17) is 4.74 Å². The molecule has 0 saturated carbocycles. The van der Waals surface area contributed by atoms with Crippen molar-refractivity contribution < 1.29 is 19.4 Å². The van der Waals surface area contributed by atoms with Crippen molar-refractivity contribution in [2.24, 2.45) is 5.41 Å². The minimum Gasteiger partial charge on any atom is -0.478 e. The number of carbonyl (C=O) groups is 2. The molecule has 3 aliphatic heterocycles. The van der Waals surface area contributed by atoms with Gasteiger partial charge in [0.15, 0.2) is 0 Å². The Hall–Kier alpha value is -2.19. The van der Waals surface area contributed by atoms with Crippen LogP contribution in [0.2, 0.25) is 0 Å². The van der Waals surface area contributed by atoms with Crippen molar-refractivity contribution >= 4 is 17.7 Å². The van der Waals surface area contributed by atoms with Gasteiger partial charge in [-0.25, -0.2) is 9.78 Å². The number of likely N-dealkylation sites (tertiary alicyclic amines) is 1. The number of carboxylic acid groups (broad SMARTS) is 1. The average molecular weight is 388 g/mol. The van der Waals surface area contributed by atoms with E-state index < -0.39 is 11.4 Å². The number of carboxylic acids is 1. The summed E-state index contributed by atoms with van der Waals surface area (Å²) >= 11 is 0. The van der Waals surface area contributed by atoms with Crippen LogP contribution < -0.4 is 4.90 Å². The predicted molar refractivity (Wildman–Crippen MR) is 104 cm³/mol. The van der Waals surface area contributed by atoms with Crippen LogP contribution in [0.3, 0.4) is 0 Å². The minimum absolute atomic E-state index is 0.206. The molecule has 1 atom stereocenters. The Balaban J connectivity index is 1.43. The number of hydrogen-bond donors (Lipinski definition) is 1. The van der Waals surface area contributed by atoms with Crippen molar-refractivity contribution in [3.8, 4) is 0 Å². The molecule has 1 unspecified atom stereocenters. The van der Waals surface area contributed by atoms with Crippen LogP contribution in [0.5, 0.6) is 0 Å². The molecule has 4 heterocycles. The summed E-state index contributed by atoms with van der Waals surface area (Å²) in [6.07, 6.45) is 1.59. The van der Waals surface area contributed by atoms with E-state index in [0.717, 1.165) is 64.5 Å². The van der Waals surface area contributed by atoms with Gasteiger partial charge in [0.05, 0.1) is 18.6 Å². The Morgan fingerprint density at radius 1 is 1.18 bits per heavy atom. The van der Waals surface area contributed by atoms with E-state index >= 15 is 0 Å². The maximum absolute atomic E-state index is 13.2. The van der Waals surface area contributed by atoms with E-state index in [2.05, 4.69) is 9.88 Å². The molecule has 0 radical (unpaired) electrons. The molecule has 0 aliphatic carbocycles. The predicted octanol–water partition coefficient (Wildman–Crippen LogP) is 0.849. The number of pyridine rings is 1. The van der Waals surface area contributed by atoms with Crippen molar-refractivity contribution in [1.82, 2.24) is 14.8 Å². The molecule has 0 bridgehead atoms. The third-order valence-corrected chi connectivity index (χ3v) is 6.29. The fourth-order valence-corrected chi connectivity index (χ4v) is 4.58. The number of aryl methyl sites for hydroxylation is 1. The zero-order valence-corrected chi connectivity index (χ0v) is 16.4. The maximum Gasteiger partial charge on any atom is 0.339 e. The summed E-state index contributed by atoms with van der Waals surface area (Å²) in [6, 6.07) is 3.32. The van der Waals surface area contributed by atoms with Gasteiger partial charge in [-0.05, 0) is 31.9 Å².